The molecule has 0 heterocycles. The maximum atomic E-state index is 9.22. The van der Waals surface area contributed by atoms with Crippen molar-refractivity contribution < 1.29 is 9.84 Å². The van der Waals surface area contributed by atoms with Crippen LogP contribution in [0.4, 0.5) is 0 Å². The molecular formula is C13H17BrO2. The zero-order valence-corrected chi connectivity index (χ0v) is 11.4. The summed E-state index contributed by atoms with van der Waals surface area (Å²) in [6.07, 6.45) is 2.01. The normalized spacial score (nSPS) is 12.0. The van der Waals surface area contributed by atoms with Gasteiger partial charge < -0.3 is 9.84 Å². The first-order valence-corrected chi connectivity index (χ1v) is 6.02. The first kappa shape index (κ1) is 13.3. The second kappa shape index (κ2) is 6.06. The van der Waals surface area contributed by atoms with E-state index >= 15 is 0 Å². The smallest absolute Gasteiger partial charge is 0.133 e. The SMILES string of the molecule is COc1ccc(C=C(CO)C(C)C)cc1Br. The number of ether oxygens (including phenoxy) is 1. The van der Waals surface area contributed by atoms with E-state index in [0.29, 0.717) is 5.92 Å². The Kier molecular flexibility index (Phi) is 5.03. The monoisotopic (exact) mass is 284 g/mol. The summed E-state index contributed by atoms with van der Waals surface area (Å²) in [5, 5.41) is 9.22. The topological polar surface area (TPSA) is 29.5 Å². The van der Waals surface area contributed by atoms with Gasteiger partial charge in [0.25, 0.3) is 0 Å². The van der Waals surface area contributed by atoms with Crippen LogP contribution < -0.4 is 4.74 Å². The lowest BCUT2D eigenvalue weighted by atomic mass is 10.0. The Bertz CT molecular complexity index is 384. The highest BCUT2D eigenvalue weighted by atomic mass is 79.9. The predicted octanol–water partition coefficient (Wildman–Crippen LogP) is 3.49. The van der Waals surface area contributed by atoms with Gasteiger partial charge in [-0.2, -0.15) is 0 Å². The highest BCUT2D eigenvalue weighted by Crippen LogP contribution is 2.27. The van der Waals surface area contributed by atoms with Crippen LogP contribution in [0.25, 0.3) is 6.08 Å². The maximum absolute atomic E-state index is 9.22. The van der Waals surface area contributed by atoms with Crippen molar-refractivity contribution in [3.05, 3.63) is 33.8 Å². The lowest BCUT2D eigenvalue weighted by Gasteiger charge is -2.09. The number of methoxy groups -OCH3 is 1. The molecular weight excluding hydrogens is 268 g/mol. The van der Waals surface area contributed by atoms with Crippen molar-refractivity contribution in [3.63, 3.8) is 0 Å². The Labute approximate surface area is 105 Å². The summed E-state index contributed by atoms with van der Waals surface area (Å²) in [7, 11) is 1.64. The third kappa shape index (κ3) is 3.35. The van der Waals surface area contributed by atoms with Gasteiger partial charge in [0.2, 0.25) is 0 Å². The minimum Gasteiger partial charge on any atom is -0.496 e. The Balaban J connectivity index is 3.01. The predicted molar refractivity (Wildman–Crippen MR) is 70.6 cm³/mol. The van der Waals surface area contributed by atoms with Crippen LogP contribution in [-0.2, 0) is 0 Å². The molecule has 88 valence electrons. The molecule has 0 aromatic heterocycles. The molecule has 0 atom stereocenters. The molecule has 0 bridgehead atoms. The molecule has 1 N–H and O–H groups in total. The van der Waals surface area contributed by atoms with Gasteiger partial charge in [0, 0.05) is 0 Å². The number of hydrogen-bond acceptors (Lipinski definition) is 2. The van der Waals surface area contributed by atoms with Crippen molar-refractivity contribution >= 4 is 22.0 Å². The van der Waals surface area contributed by atoms with Crippen LogP contribution >= 0.6 is 15.9 Å². The van der Waals surface area contributed by atoms with Crippen LogP contribution in [-0.4, -0.2) is 18.8 Å². The zero-order chi connectivity index (χ0) is 12.1. The van der Waals surface area contributed by atoms with Crippen LogP contribution in [0.15, 0.2) is 28.2 Å². The van der Waals surface area contributed by atoms with Crippen LogP contribution in [0.3, 0.4) is 0 Å². The van der Waals surface area contributed by atoms with E-state index in [9.17, 15) is 5.11 Å². The summed E-state index contributed by atoms with van der Waals surface area (Å²) >= 11 is 3.44. The van der Waals surface area contributed by atoms with E-state index in [1.807, 2.05) is 24.3 Å². The molecule has 1 aromatic carbocycles. The molecule has 1 rings (SSSR count). The van der Waals surface area contributed by atoms with E-state index in [4.69, 9.17) is 4.74 Å². The van der Waals surface area contributed by atoms with E-state index in [2.05, 4.69) is 29.8 Å². The standard InChI is InChI=1S/C13H17BrO2/c1-9(2)11(8-15)6-10-4-5-13(16-3)12(14)7-10/h4-7,9,15H,8H2,1-3H3. The maximum Gasteiger partial charge on any atom is 0.133 e. The lowest BCUT2D eigenvalue weighted by molar-refractivity contribution is 0.320. The summed E-state index contributed by atoms with van der Waals surface area (Å²) in [6.45, 7) is 4.24. The largest absolute Gasteiger partial charge is 0.496 e. The van der Waals surface area contributed by atoms with E-state index in [1.54, 1.807) is 7.11 Å². The van der Waals surface area contributed by atoms with Crippen molar-refractivity contribution in [2.24, 2.45) is 5.92 Å². The van der Waals surface area contributed by atoms with Gasteiger partial charge >= 0.3 is 0 Å². The molecule has 3 heteroatoms. The van der Waals surface area contributed by atoms with Crippen LogP contribution in [0.1, 0.15) is 19.4 Å². The molecule has 2 nitrogen and oxygen atoms in total. The van der Waals surface area contributed by atoms with E-state index in [-0.39, 0.29) is 6.61 Å². The summed E-state index contributed by atoms with van der Waals surface area (Å²) in [6, 6.07) is 5.86. The molecule has 0 saturated heterocycles. The number of rotatable bonds is 4. The van der Waals surface area contributed by atoms with Crippen molar-refractivity contribution in [2.45, 2.75) is 13.8 Å². The fraction of sp³-hybridized carbons (Fsp3) is 0.385. The van der Waals surface area contributed by atoms with Gasteiger partial charge in [-0.1, -0.05) is 26.0 Å². The molecule has 0 fully saturated rings. The molecule has 0 aliphatic rings. The Hall–Kier alpha value is -0.800. The summed E-state index contributed by atoms with van der Waals surface area (Å²) < 4.78 is 6.08. The number of aliphatic hydroxyl groups excluding tert-OH is 1. The van der Waals surface area contributed by atoms with Crippen molar-refractivity contribution in [2.75, 3.05) is 13.7 Å². The molecule has 0 saturated carbocycles. The second-order valence-electron chi connectivity index (χ2n) is 3.93. The van der Waals surface area contributed by atoms with E-state index in [1.165, 1.54) is 0 Å². The average Bonchev–Trinajstić information content (AvgIpc) is 2.25. The van der Waals surface area contributed by atoms with Crippen molar-refractivity contribution in [1.29, 1.82) is 0 Å². The molecule has 0 radical (unpaired) electrons. The first-order chi connectivity index (χ1) is 7.58. The minimum absolute atomic E-state index is 0.0985. The highest BCUT2D eigenvalue weighted by Gasteiger charge is 2.04. The van der Waals surface area contributed by atoms with Gasteiger partial charge in [-0.25, -0.2) is 0 Å². The first-order valence-electron chi connectivity index (χ1n) is 5.23. The Morgan fingerprint density at radius 3 is 2.62 bits per heavy atom. The molecule has 16 heavy (non-hydrogen) atoms. The van der Waals surface area contributed by atoms with Crippen LogP contribution in [0.5, 0.6) is 5.75 Å². The summed E-state index contributed by atoms with van der Waals surface area (Å²) in [5.74, 6) is 1.16. The highest BCUT2D eigenvalue weighted by molar-refractivity contribution is 9.10. The lowest BCUT2D eigenvalue weighted by Crippen LogP contribution is -1.98. The van der Waals surface area contributed by atoms with Gasteiger partial charge in [0.05, 0.1) is 18.2 Å². The average molecular weight is 285 g/mol. The van der Waals surface area contributed by atoms with Gasteiger partial charge in [0.15, 0.2) is 0 Å². The minimum atomic E-state index is 0.0985. The van der Waals surface area contributed by atoms with Gasteiger partial charge in [0.1, 0.15) is 5.75 Å². The zero-order valence-electron chi connectivity index (χ0n) is 9.83. The second-order valence-corrected chi connectivity index (χ2v) is 4.78. The summed E-state index contributed by atoms with van der Waals surface area (Å²) in [5.41, 5.74) is 2.09. The van der Waals surface area contributed by atoms with Gasteiger partial charge in [-0.3, -0.25) is 0 Å². The Morgan fingerprint density at radius 1 is 1.50 bits per heavy atom. The number of aliphatic hydroxyl groups is 1. The molecule has 0 amide bonds. The van der Waals surface area contributed by atoms with Gasteiger partial charge in [-0.15, -0.1) is 0 Å². The van der Waals surface area contributed by atoms with Gasteiger partial charge in [-0.05, 0) is 45.1 Å². The molecule has 0 aliphatic heterocycles. The van der Waals surface area contributed by atoms with Crippen LogP contribution in [0.2, 0.25) is 0 Å². The molecule has 0 spiro atoms. The van der Waals surface area contributed by atoms with Crippen molar-refractivity contribution in [1.82, 2.24) is 0 Å². The number of benzene rings is 1. The third-order valence-electron chi connectivity index (χ3n) is 2.45. The third-order valence-corrected chi connectivity index (χ3v) is 3.07. The fourth-order valence-electron chi connectivity index (χ4n) is 1.38. The Morgan fingerprint density at radius 2 is 2.19 bits per heavy atom. The summed E-state index contributed by atoms with van der Waals surface area (Å²) in [4.78, 5) is 0. The van der Waals surface area contributed by atoms with Crippen LogP contribution in [0, 0.1) is 5.92 Å². The number of halogens is 1. The molecule has 0 aliphatic carbocycles. The quantitative estimate of drug-likeness (QED) is 0.917. The molecule has 0 unspecified atom stereocenters. The van der Waals surface area contributed by atoms with Crippen molar-refractivity contribution in [3.8, 4) is 5.75 Å². The van der Waals surface area contributed by atoms with E-state index in [0.717, 1.165) is 21.4 Å². The van der Waals surface area contributed by atoms with E-state index < -0.39 is 0 Å². The number of hydrogen-bond donors (Lipinski definition) is 1. The fourth-order valence-corrected chi connectivity index (χ4v) is 1.94. The molecule has 1 aromatic rings.